The van der Waals surface area contributed by atoms with Crippen LogP contribution in [0.1, 0.15) is 24.8 Å². The standard InChI is InChI=1S/C14H20N2O3.C2H2O4/c1-12-5-6-14(13(11-12)16(17)18)19-10-4-9-15-7-2-3-8-15;3-1(4)2(5)6/h5-6,11H,2-4,7-10H2,1H3;(H,3,4)(H,5,6). The molecule has 0 aliphatic carbocycles. The molecule has 2 N–H and O–H groups in total. The van der Waals surface area contributed by atoms with Gasteiger partial charge in [-0.1, -0.05) is 6.07 Å². The van der Waals surface area contributed by atoms with Gasteiger partial charge < -0.3 is 19.8 Å². The fourth-order valence-electron chi connectivity index (χ4n) is 2.37. The van der Waals surface area contributed by atoms with E-state index in [1.807, 2.05) is 13.0 Å². The number of likely N-dealkylation sites (tertiary alicyclic amines) is 1. The fraction of sp³-hybridized carbons (Fsp3) is 0.500. The van der Waals surface area contributed by atoms with Crippen molar-refractivity contribution in [2.45, 2.75) is 26.2 Å². The number of nitro groups is 1. The lowest BCUT2D eigenvalue weighted by Crippen LogP contribution is -2.21. The zero-order valence-electron chi connectivity index (χ0n) is 14.0. The highest BCUT2D eigenvalue weighted by atomic mass is 16.6. The lowest BCUT2D eigenvalue weighted by Gasteiger charge is -2.14. The smallest absolute Gasteiger partial charge is 0.414 e. The van der Waals surface area contributed by atoms with Crippen LogP contribution in [0.5, 0.6) is 5.75 Å². The Morgan fingerprint density at radius 2 is 1.84 bits per heavy atom. The van der Waals surface area contributed by atoms with Gasteiger partial charge in [0.25, 0.3) is 0 Å². The second-order valence-electron chi connectivity index (χ2n) is 5.59. The molecule has 1 aromatic carbocycles. The van der Waals surface area contributed by atoms with E-state index in [2.05, 4.69) is 4.90 Å². The number of nitro benzene ring substituents is 1. The van der Waals surface area contributed by atoms with Crippen LogP contribution < -0.4 is 4.74 Å². The van der Waals surface area contributed by atoms with Gasteiger partial charge in [0.15, 0.2) is 5.75 Å². The van der Waals surface area contributed by atoms with Crippen molar-refractivity contribution in [3.63, 3.8) is 0 Å². The number of ether oxygens (including phenoxy) is 1. The SMILES string of the molecule is Cc1ccc(OCCCN2CCCC2)c([N+](=O)[O-])c1.O=C(O)C(=O)O. The minimum atomic E-state index is -1.82. The van der Waals surface area contributed by atoms with Crippen molar-refractivity contribution in [1.82, 2.24) is 4.90 Å². The third-order valence-corrected chi connectivity index (χ3v) is 3.57. The maximum atomic E-state index is 10.9. The molecule has 2 rings (SSSR count). The number of benzene rings is 1. The molecule has 1 fully saturated rings. The van der Waals surface area contributed by atoms with Crippen LogP contribution in [-0.2, 0) is 9.59 Å². The van der Waals surface area contributed by atoms with Gasteiger partial charge in [-0.25, -0.2) is 9.59 Å². The molecule has 9 nitrogen and oxygen atoms in total. The number of hydrogen-bond donors (Lipinski definition) is 2. The maximum absolute atomic E-state index is 10.9. The van der Waals surface area contributed by atoms with Gasteiger partial charge in [-0.05, 0) is 50.9 Å². The van der Waals surface area contributed by atoms with Crippen LogP contribution in [0.4, 0.5) is 5.69 Å². The van der Waals surface area contributed by atoms with Crippen LogP contribution in [-0.4, -0.2) is 58.2 Å². The first-order chi connectivity index (χ1) is 11.8. The minimum Gasteiger partial charge on any atom is -0.487 e. The monoisotopic (exact) mass is 354 g/mol. The van der Waals surface area contributed by atoms with E-state index in [4.69, 9.17) is 24.5 Å². The van der Waals surface area contributed by atoms with Gasteiger partial charge in [0.1, 0.15) is 0 Å². The van der Waals surface area contributed by atoms with Crippen LogP contribution in [0.15, 0.2) is 18.2 Å². The van der Waals surface area contributed by atoms with E-state index >= 15 is 0 Å². The van der Waals surface area contributed by atoms with Crippen molar-refractivity contribution in [3.8, 4) is 5.75 Å². The van der Waals surface area contributed by atoms with Crippen LogP contribution >= 0.6 is 0 Å². The summed E-state index contributed by atoms with van der Waals surface area (Å²) in [7, 11) is 0. The third kappa shape index (κ3) is 7.62. The molecule has 0 bridgehead atoms. The Hall–Kier alpha value is -2.68. The highest BCUT2D eigenvalue weighted by Gasteiger charge is 2.15. The molecule has 25 heavy (non-hydrogen) atoms. The number of nitrogens with zero attached hydrogens (tertiary/aromatic N) is 2. The second kappa shape index (κ2) is 10.2. The summed E-state index contributed by atoms with van der Waals surface area (Å²) in [5, 5.41) is 25.7. The molecule has 0 aromatic heterocycles. The van der Waals surface area contributed by atoms with Gasteiger partial charge >= 0.3 is 17.6 Å². The summed E-state index contributed by atoms with van der Waals surface area (Å²) in [5.41, 5.74) is 0.928. The molecular weight excluding hydrogens is 332 g/mol. The normalized spacial score (nSPS) is 13.6. The summed E-state index contributed by atoms with van der Waals surface area (Å²) < 4.78 is 5.54. The largest absolute Gasteiger partial charge is 0.487 e. The molecule has 1 aliphatic rings. The lowest BCUT2D eigenvalue weighted by molar-refractivity contribution is -0.385. The molecule has 1 heterocycles. The van der Waals surface area contributed by atoms with E-state index < -0.39 is 11.9 Å². The van der Waals surface area contributed by atoms with Gasteiger partial charge in [0.05, 0.1) is 11.5 Å². The Balaban J connectivity index is 0.000000450. The summed E-state index contributed by atoms with van der Waals surface area (Å²) in [4.78, 5) is 31.2. The molecule has 0 saturated carbocycles. The molecule has 0 radical (unpaired) electrons. The molecule has 1 saturated heterocycles. The molecule has 1 aromatic rings. The van der Waals surface area contributed by atoms with Crippen molar-refractivity contribution in [3.05, 3.63) is 33.9 Å². The molecule has 9 heteroatoms. The van der Waals surface area contributed by atoms with Gasteiger partial charge in [-0.15, -0.1) is 0 Å². The number of aryl methyl sites for hydroxylation is 1. The first kappa shape index (κ1) is 20.4. The van der Waals surface area contributed by atoms with Crippen LogP contribution in [0.25, 0.3) is 0 Å². The van der Waals surface area contributed by atoms with E-state index in [-0.39, 0.29) is 10.6 Å². The Morgan fingerprint density at radius 3 is 2.36 bits per heavy atom. The van der Waals surface area contributed by atoms with E-state index in [0.717, 1.165) is 18.5 Å². The molecular formula is C16H22N2O7. The number of carboxylic acid groups (broad SMARTS) is 2. The predicted molar refractivity (Wildman–Crippen MR) is 88.9 cm³/mol. The van der Waals surface area contributed by atoms with Crippen molar-refractivity contribution in [2.75, 3.05) is 26.2 Å². The molecule has 0 atom stereocenters. The van der Waals surface area contributed by atoms with Crippen molar-refractivity contribution in [1.29, 1.82) is 0 Å². The number of carbonyl (C=O) groups is 2. The summed E-state index contributed by atoms with van der Waals surface area (Å²) in [6, 6.07) is 5.07. The summed E-state index contributed by atoms with van der Waals surface area (Å²) in [5.74, 6) is -3.28. The summed E-state index contributed by atoms with van der Waals surface area (Å²) >= 11 is 0. The van der Waals surface area contributed by atoms with Crippen molar-refractivity contribution >= 4 is 17.6 Å². The van der Waals surface area contributed by atoms with E-state index in [1.165, 1.54) is 25.9 Å². The van der Waals surface area contributed by atoms with Crippen LogP contribution in [0.3, 0.4) is 0 Å². The summed E-state index contributed by atoms with van der Waals surface area (Å²) in [6.07, 6.45) is 3.47. The van der Waals surface area contributed by atoms with E-state index in [9.17, 15) is 10.1 Å². The molecule has 0 amide bonds. The zero-order chi connectivity index (χ0) is 18.8. The predicted octanol–water partition coefficient (Wildman–Crippen LogP) is 1.92. The maximum Gasteiger partial charge on any atom is 0.414 e. The highest BCUT2D eigenvalue weighted by Crippen LogP contribution is 2.27. The average molecular weight is 354 g/mol. The van der Waals surface area contributed by atoms with E-state index in [1.54, 1.807) is 12.1 Å². The highest BCUT2D eigenvalue weighted by molar-refractivity contribution is 6.27. The van der Waals surface area contributed by atoms with Gasteiger partial charge in [-0.2, -0.15) is 0 Å². The Kier molecular flexibility index (Phi) is 8.34. The van der Waals surface area contributed by atoms with Crippen LogP contribution in [0, 0.1) is 17.0 Å². The summed E-state index contributed by atoms with van der Waals surface area (Å²) in [6.45, 7) is 5.72. The minimum absolute atomic E-state index is 0.0566. The fourth-order valence-corrected chi connectivity index (χ4v) is 2.37. The Labute approximate surface area is 145 Å². The zero-order valence-corrected chi connectivity index (χ0v) is 14.0. The van der Waals surface area contributed by atoms with Gasteiger partial charge in [-0.3, -0.25) is 10.1 Å². The van der Waals surface area contributed by atoms with Crippen LogP contribution in [0.2, 0.25) is 0 Å². The molecule has 0 unspecified atom stereocenters. The molecule has 0 spiro atoms. The number of rotatable bonds is 6. The molecule has 1 aliphatic heterocycles. The Morgan fingerprint density at radius 1 is 1.24 bits per heavy atom. The molecule has 138 valence electrons. The van der Waals surface area contributed by atoms with Gasteiger partial charge in [0, 0.05) is 12.6 Å². The first-order valence-corrected chi connectivity index (χ1v) is 7.87. The first-order valence-electron chi connectivity index (χ1n) is 7.87. The van der Waals surface area contributed by atoms with E-state index in [0.29, 0.717) is 12.4 Å². The number of aliphatic carboxylic acids is 2. The quantitative estimate of drug-likeness (QED) is 0.343. The van der Waals surface area contributed by atoms with Gasteiger partial charge in [0.2, 0.25) is 0 Å². The Bertz CT molecular complexity index is 601. The number of hydrogen-bond acceptors (Lipinski definition) is 6. The lowest BCUT2D eigenvalue weighted by atomic mass is 10.2. The topological polar surface area (TPSA) is 130 Å². The third-order valence-electron chi connectivity index (χ3n) is 3.57. The second-order valence-corrected chi connectivity index (χ2v) is 5.59. The van der Waals surface area contributed by atoms with Crippen molar-refractivity contribution in [2.24, 2.45) is 0 Å². The number of carboxylic acids is 2. The average Bonchev–Trinajstić information content (AvgIpc) is 3.06. The van der Waals surface area contributed by atoms with Crippen molar-refractivity contribution < 1.29 is 29.5 Å².